The van der Waals surface area contributed by atoms with Crippen molar-refractivity contribution >= 4 is 29.0 Å². The number of fused-ring (bicyclic) bond motifs is 3. The maximum absolute atomic E-state index is 14.0. The molecule has 0 spiro atoms. The molecule has 2 aromatic rings. The lowest BCUT2D eigenvalue weighted by Gasteiger charge is -2.41. The van der Waals surface area contributed by atoms with Crippen LogP contribution in [0, 0.1) is 11.8 Å². The van der Waals surface area contributed by atoms with Crippen molar-refractivity contribution in [3.8, 4) is 0 Å². The van der Waals surface area contributed by atoms with Crippen LogP contribution >= 0.6 is 11.3 Å². The van der Waals surface area contributed by atoms with E-state index in [4.69, 9.17) is 0 Å². The second-order valence-electron chi connectivity index (χ2n) is 9.95. The lowest BCUT2D eigenvalue weighted by molar-refractivity contribution is -0.138. The zero-order valence-corrected chi connectivity index (χ0v) is 20.8. The molecule has 5 rings (SSSR count). The number of benzene rings is 1. The van der Waals surface area contributed by atoms with E-state index < -0.39 is 0 Å². The zero-order valence-electron chi connectivity index (χ0n) is 20.0. The minimum Gasteiger partial charge on any atom is -0.378 e. The molecule has 3 amide bonds. The van der Waals surface area contributed by atoms with Crippen LogP contribution < -0.4 is 16.0 Å². The number of unbranched alkanes of at least 4 members (excludes halogenated alkanes) is 1. The van der Waals surface area contributed by atoms with E-state index in [-0.39, 0.29) is 36.0 Å². The van der Waals surface area contributed by atoms with E-state index in [1.807, 2.05) is 0 Å². The summed E-state index contributed by atoms with van der Waals surface area (Å²) in [5.74, 6) is 0.415. The summed E-state index contributed by atoms with van der Waals surface area (Å²) in [6.07, 6.45) is 6.82. The Morgan fingerprint density at radius 2 is 2.00 bits per heavy atom. The van der Waals surface area contributed by atoms with Crippen LogP contribution in [0.15, 0.2) is 41.1 Å². The van der Waals surface area contributed by atoms with Crippen LogP contribution in [0.3, 0.4) is 0 Å². The van der Waals surface area contributed by atoms with Crippen LogP contribution in [0.1, 0.15) is 75.1 Å². The van der Waals surface area contributed by atoms with Gasteiger partial charge in [-0.3, -0.25) is 4.79 Å². The normalized spacial score (nSPS) is 27.9. The zero-order chi connectivity index (χ0) is 23.5. The van der Waals surface area contributed by atoms with E-state index in [9.17, 15) is 9.59 Å². The highest BCUT2D eigenvalue weighted by Crippen LogP contribution is 2.52. The number of rotatable bonds is 6. The van der Waals surface area contributed by atoms with Gasteiger partial charge in [0.1, 0.15) is 0 Å². The van der Waals surface area contributed by atoms with Gasteiger partial charge in [0.25, 0.3) is 0 Å². The number of nitrogens with zero attached hydrogens (tertiary/aromatic N) is 1. The summed E-state index contributed by atoms with van der Waals surface area (Å²) in [6, 6.07) is 10.7. The van der Waals surface area contributed by atoms with Crippen LogP contribution in [0.4, 0.5) is 10.5 Å². The van der Waals surface area contributed by atoms with E-state index in [0.29, 0.717) is 12.5 Å². The van der Waals surface area contributed by atoms with Gasteiger partial charge < -0.3 is 20.9 Å². The fourth-order valence-electron chi connectivity index (χ4n) is 6.16. The van der Waals surface area contributed by atoms with Crippen LogP contribution in [-0.2, 0) is 4.79 Å². The van der Waals surface area contributed by atoms with Crippen molar-refractivity contribution in [2.45, 2.75) is 70.0 Å². The average Bonchev–Trinajstić information content (AvgIpc) is 3.54. The number of carbonyl (C=O) groups excluding carboxylic acids is 2. The molecule has 6 nitrogen and oxygen atoms in total. The molecule has 2 fully saturated rings. The van der Waals surface area contributed by atoms with Gasteiger partial charge in [-0.05, 0) is 59.7 Å². The molecule has 182 valence electrons. The Kier molecular flexibility index (Phi) is 7.09. The molecule has 1 saturated carbocycles. The Morgan fingerprint density at radius 1 is 1.15 bits per heavy atom. The third kappa shape index (κ3) is 4.54. The molecule has 3 N–H and O–H groups in total. The summed E-state index contributed by atoms with van der Waals surface area (Å²) in [6.45, 7) is 3.56. The average molecular weight is 481 g/mol. The van der Waals surface area contributed by atoms with Crippen molar-refractivity contribution in [2.24, 2.45) is 11.8 Å². The fourth-order valence-corrected chi connectivity index (χ4v) is 6.86. The number of anilines is 1. The Labute approximate surface area is 206 Å². The van der Waals surface area contributed by atoms with Crippen LogP contribution in [0.25, 0.3) is 0 Å². The number of carbonyl (C=O) groups is 2. The molecule has 1 saturated heterocycles. The molecule has 1 aliphatic carbocycles. The van der Waals surface area contributed by atoms with Crippen molar-refractivity contribution in [1.29, 1.82) is 0 Å². The number of hydrogen-bond acceptors (Lipinski definition) is 4. The predicted molar refractivity (Wildman–Crippen MR) is 137 cm³/mol. The predicted octanol–water partition coefficient (Wildman–Crippen LogP) is 5.46. The SMILES string of the molecule is CCCCNC(=O)N[C@@H]1CCCC[C@@H]1C(=O)N1CC[C@@H]2[C@H](c3ccsc3)Nc3ccccc3[C@@H]21. The highest BCUT2D eigenvalue weighted by molar-refractivity contribution is 7.08. The number of nitrogens with one attached hydrogen (secondary N) is 3. The van der Waals surface area contributed by atoms with E-state index >= 15 is 0 Å². The summed E-state index contributed by atoms with van der Waals surface area (Å²) < 4.78 is 0. The molecule has 5 atom stereocenters. The Bertz CT molecular complexity index is 994. The second kappa shape index (κ2) is 10.4. The third-order valence-electron chi connectivity index (χ3n) is 7.86. The number of urea groups is 1. The fraction of sp³-hybridized carbons (Fsp3) is 0.556. The lowest BCUT2D eigenvalue weighted by Crippen LogP contribution is -2.52. The van der Waals surface area contributed by atoms with Crippen molar-refractivity contribution in [3.05, 3.63) is 52.2 Å². The smallest absolute Gasteiger partial charge is 0.315 e. The van der Waals surface area contributed by atoms with E-state index in [1.54, 1.807) is 11.3 Å². The summed E-state index contributed by atoms with van der Waals surface area (Å²) >= 11 is 1.72. The molecule has 1 aromatic heterocycles. The second-order valence-corrected chi connectivity index (χ2v) is 10.7. The van der Waals surface area contributed by atoms with Gasteiger partial charge in [-0.25, -0.2) is 4.79 Å². The number of hydrogen-bond donors (Lipinski definition) is 3. The summed E-state index contributed by atoms with van der Waals surface area (Å²) in [5, 5.41) is 14.2. The molecule has 0 radical (unpaired) electrons. The molecular formula is C27H36N4O2S. The van der Waals surface area contributed by atoms with Gasteiger partial charge >= 0.3 is 6.03 Å². The molecule has 3 aliphatic rings. The number of likely N-dealkylation sites (tertiary alicyclic amines) is 1. The summed E-state index contributed by atoms with van der Waals surface area (Å²) in [7, 11) is 0. The maximum Gasteiger partial charge on any atom is 0.315 e. The number of amides is 3. The first-order chi connectivity index (χ1) is 16.7. The van der Waals surface area contributed by atoms with Gasteiger partial charge in [-0.1, -0.05) is 44.4 Å². The van der Waals surface area contributed by atoms with E-state index in [2.05, 4.69) is 68.9 Å². The molecule has 1 aromatic carbocycles. The quantitative estimate of drug-likeness (QED) is 0.481. The van der Waals surface area contributed by atoms with Crippen LogP contribution in [0.5, 0.6) is 0 Å². The van der Waals surface area contributed by atoms with Gasteiger partial charge in [0, 0.05) is 30.7 Å². The highest BCUT2D eigenvalue weighted by atomic mass is 32.1. The monoisotopic (exact) mass is 480 g/mol. The van der Waals surface area contributed by atoms with E-state index in [0.717, 1.165) is 57.2 Å². The molecule has 7 heteroatoms. The standard InChI is InChI=1S/C27H36N4O2S/c1-2-3-14-28-27(33)30-23-11-7-5-9-20(23)26(32)31-15-12-21-24(18-13-16-34-17-18)29-22-10-6-4-8-19(22)25(21)31/h4,6,8,10,13,16-17,20-21,23-25,29H,2-3,5,7,9,11-12,14-15H2,1H3,(H2,28,30,33)/t20-,21+,23+,24-,25-/m0/s1. The molecular weight excluding hydrogens is 444 g/mol. The summed E-state index contributed by atoms with van der Waals surface area (Å²) in [4.78, 5) is 28.7. The highest BCUT2D eigenvalue weighted by Gasteiger charge is 2.48. The first-order valence-electron chi connectivity index (χ1n) is 12.9. The Hall–Kier alpha value is -2.54. The maximum atomic E-state index is 14.0. The first kappa shape index (κ1) is 23.2. The van der Waals surface area contributed by atoms with Crippen molar-refractivity contribution < 1.29 is 9.59 Å². The summed E-state index contributed by atoms with van der Waals surface area (Å²) in [5.41, 5.74) is 3.67. The minimum atomic E-state index is -0.147. The van der Waals surface area contributed by atoms with Gasteiger partial charge in [-0.2, -0.15) is 11.3 Å². The molecule has 34 heavy (non-hydrogen) atoms. The van der Waals surface area contributed by atoms with Gasteiger partial charge in [0.2, 0.25) is 5.91 Å². The number of para-hydroxylation sites is 1. The topological polar surface area (TPSA) is 73.5 Å². The van der Waals surface area contributed by atoms with Crippen molar-refractivity contribution in [1.82, 2.24) is 15.5 Å². The van der Waals surface area contributed by atoms with Crippen molar-refractivity contribution in [2.75, 3.05) is 18.4 Å². The lowest BCUT2D eigenvalue weighted by atomic mass is 9.79. The Morgan fingerprint density at radius 3 is 2.82 bits per heavy atom. The molecule has 3 heterocycles. The van der Waals surface area contributed by atoms with Crippen molar-refractivity contribution in [3.63, 3.8) is 0 Å². The molecule has 0 unspecified atom stereocenters. The third-order valence-corrected chi connectivity index (χ3v) is 8.57. The number of thiophene rings is 1. The Balaban J connectivity index is 1.37. The van der Waals surface area contributed by atoms with E-state index in [1.165, 1.54) is 11.1 Å². The molecule has 0 bridgehead atoms. The van der Waals surface area contributed by atoms with Gasteiger partial charge in [0.05, 0.1) is 18.0 Å². The van der Waals surface area contributed by atoms with Gasteiger partial charge in [-0.15, -0.1) is 0 Å². The molecule has 2 aliphatic heterocycles. The largest absolute Gasteiger partial charge is 0.378 e. The first-order valence-corrected chi connectivity index (χ1v) is 13.8. The van der Waals surface area contributed by atoms with Gasteiger partial charge in [0.15, 0.2) is 0 Å². The van der Waals surface area contributed by atoms with Crippen LogP contribution in [-0.4, -0.2) is 36.0 Å². The van der Waals surface area contributed by atoms with Crippen LogP contribution in [0.2, 0.25) is 0 Å². The minimum absolute atomic E-state index is 0.0795.